The number of ether oxygens (including phenoxy) is 2. The van der Waals surface area contributed by atoms with Gasteiger partial charge < -0.3 is 19.4 Å². The molecule has 31 heavy (non-hydrogen) atoms. The van der Waals surface area contributed by atoms with E-state index in [1.165, 1.54) is 11.3 Å². The van der Waals surface area contributed by atoms with E-state index in [0.29, 0.717) is 52.2 Å². The maximum Gasteiger partial charge on any atom is 0.246 e. The zero-order valence-corrected chi connectivity index (χ0v) is 18.1. The van der Waals surface area contributed by atoms with Gasteiger partial charge in [0.1, 0.15) is 31.3 Å². The average molecular weight is 459 g/mol. The highest BCUT2D eigenvalue weighted by Crippen LogP contribution is 2.37. The number of carbonyl (C=O) groups is 1. The fourth-order valence-electron chi connectivity index (χ4n) is 3.47. The van der Waals surface area contributed by atoms with Crippen LogP contribution in [-0.4, -0.2) is 48.3 Å². The van der Waals surface area contributed by atoms with Crippen molar-refractivity contribution in [1.82, 2.24) is 14.5 Å². The molecule has 3 heterocycles. The third-order valence-corrected chi connectivity index (χ3v) is 6.44. The number of imidazole rings is 1. The Kier molecular flexibility index (Phi) is 4.78. The fraction of sp³-hybridized carbons (Fsp3) is 0.250. The predicted molar refractivity (Wildman–Crippen MR) is 118 cm³/mol. The van der Waals surface area contributed by atoms with Gasteiger partial charge >= 0.3 is 0 Å². The van der Waals surface area contributed by atoms with Crippen LogP contribution in [0.15, 0.2) is 36.4 Å². The Morgan fingerprint density at radius 1 is 1.13 bits per heavy atom. The molecular weight excluding hydrogens is 440 g/mol. The van der Waals surface area contributed by atoms with E-state index < -0.39 is 9.84 Å². The quantitative estimate of drug-likeness (QED) is 0.489. The second-order valence-electron chi connectivity index (χ2n) is 7.20. The second-order valence-corrected chi connectivity index (χ2v) is 10.4. The van der Waals surface area contributed by atoms with Crippen molar-refractivity contribution in [3.63, 3.8) is 0 Å². The monoisotopic (exact) mass is 458 g/mol. The number of sulfone groups is 1. The molecule has 0 unspecified atom stereocenters. The van der Waals surface area contributed by atoms with E-state index >= 15 is 0 Å². The summed E-state index contributed by atoms with van der Waals surface area (Å²) >= 11 is 1.33. The van der Waals surface area contributed by atoms with Crippen LogP contribution in [0.25, 0.3) is 21.3 Å². The van der Waals surface area contributed by atoms with Crippen molar-refractivity contribution in [3.8, 4) is 11.5 Å². The van der Waals surface area contributed by atoms with Gasteiger partial charge in [-0.2, -0.15) is 0 Å². The van der Waals surface area contributed by atoms with Crippen LogP contribution in [0.3, 0.4) is 0 Å². The summed E-state index contributed by atoms with van der Waals surface area (Å²) in [5.74, 6) is 1.05. The number of rotatable bonds is 5. The van der Waals surface area contributed by atoms with Gasteiger partial charge in [-0.25, -0.2) is 18.4 Å². The topological polar surface area (TPSA) is 112 Å². The van der Waals surface area contributed by atoms with Crippen LogP contribution >= 0.6 is 11.3 Å². The fourth-order valence-corrected chi connectivity index (χ4v) is 5.05. The first kappa shape index (κ1) is 19.8. The molecule has 0 saturated heterocycles. The van der Waals surface area contributed by atoms with Gasteiger partial charge in [-0.15, -0.1) is 0 Å². The maximum atomic E-state index is 12.8. The average Bonchev–Trinajstić information content (AvgIpc) is 3.25. The molecule has 2 aromatic carbocycles. The molecule has 0 radical (unpaired) electrons. The molecule has 9 nitrogen and oxygen atoms in total. The zero-order chi connectivity index (χ0) is 21.6. The minimum atomic E-state index is -3.32. The van der Waals surface area contributed by atoms with Gasteiger partial charge in [0, 0.05) is 18.4 Å². The second kappa shape index (κ2) is 7.50. The van der Waals surface area contributed by atoms with Crippen molar-refractivity contribution in [2.45, 2.75) is 12.3 Å². The molecule has 0 spiro atoms. The first-order valence-electron chi connectivity index (χ1n) is 9.48. The van der Waals surface area contributed by atoms with Crippen LogP contribution < -0.4 is 14.8 Å². The summed E-state index contributed by atoms with van der Waals surface area (Å²) < 4.78 is 37.3. The van der Waals surface area contributed by atoms with Crippen LogP contribution in [0.4, 0.5) is 5.13 Å². The van der Waals surface area contributed by atoms with Crippen LogP contribution in [0.1, 0.15) is 5.82 Å². The van der Waals surface area contributed by atoms with E-state index in [2.05, 4.69) is 15.3 Å². The molecule has 0 atom stereocenters. The molecule has 0 aliphatic carbocycles. The first-order chi connectivity index (χ1) is 14.9. The molecule has 5 rings (SSSR count). The van der Waals surface area contributed by atoms with Crippen molar-refractivity contribution in [1.29, 1.82) is 0 Å². The lowest BCUT2D eigenvalue weighted by Gasteiger charge is -2.17. The molecule has 160 valence electrons. The SMILES string of the molecule is CS(=O)(=O)Cc1nc2ccccc2n1CC(=O)Nc1nc2cc3c(cc2s1)OCCO3. The van der Waals surface area contributed by atoms with E-state index in [1.54, 1.807) is 16.7 Å². The highest BCUT2D eigenvalue weighted by Gasteiger charge is 2.19. The number of amides is 1. The summed E-state index contributed by atoms with van der Waals surface area (Å²) in [5.41, 5.74) is 2.04. The Labute approximate surface area is 181 Å². The van der Waals surface area contributed by atoms with Gasteiger partial charge in [0.05, 0.1) is 21.3 Å². The number of hydrogen-bond donors (Lipinski definition) is 1. The largest absolute Gasteiger partial charge is 0.486 e. The van der Waals surface area contributed by atoms with E-state index in [9.17, 15) is 13.2 Å². The smallest absolute Gasteiger partial charge is 0.246 e. The lowest BCUT2D eigenvalue weighted by molar-refractivity contribution is -0.116. The number of fused-ring (bicyclic) bond motifs is 3. The number of nitrogens with one attached hydrogen (secondary N) is 1. The third-order valence-electron chi connectivity index (χ3n) is 4.73. The van der Waals surface area contributed by atoms with Gasteiger partial charge in [0.25, 0.3) is 0 Å². The molecular formula is C20H18N4O5S2. The molecule has 1 aliphatic rings. The van der Waals surface area contributed by atoms with Gasteiger partial charge in [0.2, 0.25) is 5.91 Å². The summed E-state index contributed by atoms with van der Waals surface area (Å²) in [5, 5.41) is 3.24. The summed E-state index contributed by atoms with van der Waals surface area (Å²) in [7, 11) is -3.32. The predicted octanol–water partition coefficient (Wildman–Crippen LogP) is 2.60. The highest BCUT2D eigenvalue weighted by molar-refractivity contribution is 7.89. The lowest BCUT2D eigenvalue weighted by atomic mass is 10.3. The standard InChI is InChI=1S/C20H18N4O5S2/c1-31(26,27)11-18-21-12-4-2-3-5-14(12)24(18)10-19(25)23-20-22-13-8-15-16(9-17(13)30-20)29-7-6-28-15/h2-5,8-9H,6-7,10-11H2,1H3,(H,22,23,25). The number of para-hydroxylation sites is 2. The van der Waals surface area contributed by atoms with Crippen molar-refractivity contribution in [2.75, 3.05) is 24.8 Å². The highest BCUT2D eigenvalue weighted by atomic mass is 32.2. The Bertz CT molecular complexity index is 1380. The molecule has 1 aliphatic heterocycles. The summed E-state index contributed by atoms with van der Waals surface area (Å²) in [6.45, 7) is 0.903. The molecule has 0 bridgehead atoms. The van der Waals surface area contributed by atoms with Gasteiger partial charge in [0.15, 0.2) is 26.5 Å². The van der Waals surface area contributed by atoms with Gasteiger partial charge in [-0.1, -0.05) is 23.5 Å². The summed E-state index contributed by atoms with van der Waals surface area (Å²) in [4.78, 5) is 21.6. The molecule has 11 heteroatoms. The molecule has 0 fully saturated rings. The van der Waals surface area contributed by atoms with Crippen LogP contribution in [0.2, 0.25) is 0 Å². The molecule has 2 aromatic heterocycles. The number of benzene rings is 2. The van der Waals surface area contributed by atoms with E-state index in [0.717, 1.165) is 11.0 Å². The number of nitrogens with zero attached hydrogens (tertiary/aromatic N) is 3. The lowest BCUT2D eigenvalue weighted by Crippen LogP contribution is -2.21. The van der Waals surface area contributed by atoms with E-state index in [1.807, 2.05) is 24.3 Å². The minimum absolute atomic E-state index is 0.0794. The zero-order valence-electron chi connectivity index (χ0n) is 16.5. The van der Waals surface area contributed by atoms with E-state index in [4.69, 9.17) is 9.47 Å². The number of carbonyl (C=O) groups excluding carboxylic acids is 1. The van der Waals surface area contributed by atoms with Crippen LogP contribution in [-0.2, 0) is 26.9 Å². The van der Waals surface area contributed by atoms with Crippen LogP contribution in [0.5, 0.6) is 11.5 Å². The maximum absolute atomic E-state index is 12.8. The number of anilines is 1. The van der Waals surface area contributed by atoms with Gasteiger partial charge in [-0.05, 0) is 12.1 Å². The number of aromatic nitrogens is 3. The normalized spacial score (nSPS) is 13.6. The first-order valence-corrected chi connectivity index (χ1v) is 12.4. The third kappa shape index (κ3) is 4.06. The Morgan fingerprint density at radius 3 is 2.65 bits per heavy atom. The molecule has 1 amide bonds. The Morgan fingerprint density at radius 2 is 1.87 bits per heavy atom. The summed E-state index contributed by atoms with van der Waals surface area (Å²) in [6.07, 6.45) is 1.14. The van der Waals surface area contributed by atoms with Crippen molar-refractivity contribution in [3.05, 3.63) is 42.2 Å². The molecule has 4 aromatic rings. The number of hydrogen-bond acceptors (Lipinski definition) is 8. The van der Waals surface area contributed by atoms with E-state index in [-0.39, 0.29) is 18.2 Å². The van der Waals surface area contributed by atoms with Crippen molar-refractivity contribution in [2.24, 2.45) is 0 Å². The Hall–Kier alpha value is -3.18. The van der Waals surface area contributed by atoms with Crippen LogP contribution in [0, 0.1) is 0 Å². The summed E-state index contributed by atoms with van der Waals surface area (Å²) in [6, 6.07) is 10.9. The number of thiazole rings is 1. The van der Waals surface area contributed by atoms with Crippen molar-refractivity contribution < 1.29 is 22.7 Å². The Balaban J connectivity index is 1.42. The minimum Gasteiger partial charge on any atom is -0.486 e. The molecule has 0 saturated carbocycles. The molecule has 1 N–H and O–H groups in total. The van der Waals surface area contributed by atoms with Gasteiger partial charge in [-0.3, -0.25) is 4.79 Å². The van der Waals surface area contributed by atoms with Crippen molar-refractivity contribution >= 4 is 53.5 Å².